The largest absolute Gasteiger partial charge is 0.310 e. The number of rotatable bonds is 4. The SMILES string of the molecule is CC1CCC(NCCC2CCCC2)c2ccccc21. The minimum Gasteiger partial charge on any atom is -0.310 e. The first-order valence-corrected chi connectivity index (χ1v) is 8.17. The highest BCUT2D eigenvalue weighted by Crippen LogP contribution is 2.37. The van der Waals surface area contributed by atoms with Gasteiger partial charge in [0.15, 0.2) is 0 Å². The van der Waals surface area contributed by atoms with E-state index in [0.29, 0.717) is 6.04 Å². The lowest BCUT2D eigenvalue weighted by Crippen LogP contribution is -2.27. The number of benzene rings is 1. The van der Waals surface area contributed by atoms with Gasteiger partial charge in [-0.05, 0) is 48.8 Å². The molecule has 0 radical (unpaired) electrons. The summed E-state index contributed by atoms with van der Waals surface area (Å²) in [6, 6.07) is 9.65. The van der Waals surface area contributed by atoms with Gasteiger partial charge in [-0.3, -0.25) is 0 Å². The summed E-state index contributed by atoms with van der Waals surface area (Å²) in [5, 5.41) is 3.83. The number of fused-ring (bicyclic) bond motifs is 1. The van der Waals surface area contributed by atoms with Crippen molar-refractivity contribution in [3.8, 4) is 0 Å². The third kappa shape index (κ3) is 3.02. The number of nitrogens with one attached hydrogen (secondary N) is 1. The Hall–Kier alpha value is -0.820. The Labute approximate surface area is 117 Å². The van der Waals surface area contributed by atoms with Crippen LogP contribution in [0.3, 0.4) is 0 Å². The maximum atomic E-state index is 3.83. The van der Waals surface area contributed by atoms with Crippen molar-refractivity contribution in [1.29, 1.82) is 0 Å². The lowest BCUT2D eigenvalue weighted by molar-refractivity contribution is 0.400. The standard InChI is InChI=1S/C18H27N/c1-14-10-11-18(17-9-5-4-8-16(14)17)19-13-12-15-6-2-3-7-15/h4-5,8-9,14-15,18-19H,2-3,6-7,10-13H2,1H3. The van der Waals surface area contributed by atoms with Gasteiger partial charge in [-0.15, -0.1) is 0 Å². The van der Waals surface area contributed by atoms with Crippen molar-refractivity contribution in [2.24, 2.45) is 5.92 Å². The van der Waals surface area contributed by atoms with Crippen molar-refractivity contribution < 1.29 is 0 Å². The monoisotopic (exact) mass is 257 g/mol. The normalized spacial score (nSPS) is 27.4. The molecule has 0 heterocycles. The van der Waals surface area contributed by atoms with Crippen molar-refractivity contribution in [2.45, 2.75) is 63.8 Å². The van der Waals surface area contributed by atoms with Crippen LogP contribution in [0.4, 0.5) is 0 Å². The Kier molecular flexibility index (Phi) is 4.22. The molecular formula is C18H27N. The molecule has 1 aromatic rings. The number of hydrogen-bond donors (Lipinski definition) is 1. The second kappa shape index (κ2) is 6.09. The molecule has 2 aliphatic carbocycles. The summed E-state index contributed by atoms with van der Waals surface area (Å²) in [7, 11) is 0. The van der Waals surface area contributed by atoms with Gasteiger partial charge in [0.05, 0.1) is 0 Å². The Balaban J connectivity index is 1.58. The smallest absolute Gasteiger partial charge is 0.0323 e. The highest BCUT2D eigenvalue weighted by molar-refractivity contribution is 5.34. The Morgan fingerprint density at radius 2 is 1.74 bits per heavy atom. The van der Waals surface area contributed by atoms with E-state index in [1.165, 1.54) is 51.5 Å². The predicted octanol–water partition coefficient (Wildman–Crippen LogP) is 4.79. The summed E-state index contributed by atoms with van der Waals surface area (Å²) in [6.07, 6.45) is 9.90. The molecule has 2 aliphatic rings. The lowest BCUT2D eigenvalue weighted by Gasteiger charge is -2.30. The molecule has 1 fully saturated rings. The maximum absolute atomic E-state index is 3.83. The van der Waals surface area contributed by atoms with Gasteiger partial charge >= 0.3 is 0 Å². The van der Waals surface area contributed by atoms with E-state index in [4.69, 9.17) is 0 Å². The van der Waals surface area contributed by atoms with Gasteiger partial charge in [-0.1, -0.05) is 56.9 Å². The highest BCUT2D eigenvalue weighted by Gasteiger charge is 2.24. The van der Waals surface area contributed by atoms with E-state index in [2.05, 4.69) is 36.5 Å². The van der Waals surface area contributed by atoms with Crippen LogP contribution in [-0.4, -0.2) is 6.54 Å². The summed E-state index contributed by atoms with van der Waals surface area (Å²) in [5.41, 5.74) is 3.14. The van der Waals surface area contributed by atoms with Gasteiger partial charge in [0, 0.05) is 6.04 Å². The van der Waals surface area contributed by atoms with Gasteiger partial charge < -0.3 is 5.32 Å². The van der Waals surface area contributed by atoms with Crippen LogP contribution in [0, 0.1) is 5.92 Å². The molecule has 104 valence electrons. The van der Waals surface area contributed by atoms with Crippen molar-refractivity contribution in [3.05, 3.63) is 35.4 Å². The minimum atomic E-state index is 0.605. The van der Waals surface area contributed by atoms with Gasteiger partial charge in [0.25, 0.3) is 0 Å². The first-order valence-electron chi connectivity index (χ1n) is 8.17. The van der Waals surface area contributed by atoms with Gasteiger partial charge in [0.2, 0.25) is 0 Å². The van der Waals surface area contributed by atoms with E-state index >= 15 is 0 Å². The molecule has 1 saturated carbocycles. The first-order chi connectivity index (χ1) is 9.34. The second-order valence-corrected chi connectivity index (χ2v) is 6.55. The Morgan fingerprint density at radius 3 is 2.53 bits per heavy atom. The third-order valence-electron chi connectivity index (χ3n) is 5.21. The predicted molar refractivity (Wildman–Crippen MR) is 81.4 cm³/mol. The van der Waals surface area contributed by atoms with Crippen molar-refractivity contribution in [3.63, 3.8) is 0 Å². The molecule has 1 nitrogen and oxygen atoms in total. The second-order valence-electron chi connectivity index (χ2n) is 6.55. The molecule has 3 rings (SSSR count). The molecule has 0 saturated heterocycles. The average molecular weight is 257 g/mol. The van der Waals surface area contributed by atoms with E-state index in [-0.39, 0.29) is 0 Å². The quantitative estimate of drug-likeness (QED) is 0.817. The fraction of sp³-hybridized carbons (Fsp3) is 0.667. The minimum absolute atomic E-state index is 0.605. The summed E-state index contributed by atoms with van der Waals surface area (Å²) in [6.45, 7) is 3.58. The fourth-order valence-corrected chi connectivity index (χ4v) is 3.98. The van der Waals surface area contributed by atoms with E-state index in [1.54, 1.807) is 11.1 Å². The maximum Gasteiger partial charge on any atom is 0.0323 e. The Bertz CT molecular complexity index is 406. The van der Waals surface area contributed by atoms with Gasteiger partial charge in [-0.25, -0.2) is 0 Å². The molecule has 1 heteroatoms. The van der Waals surface area contributed by atoms with Crippen molar-refractivity contribution >= 4 is 0 Å². The Morgan fingerprint density at radius 1 is 1.00 bits per heavy atom. The lowest BCUT2D eigenvalue weighted by atomic mass is 9.81. The highest BCUT2D eigenvalue weighted by atomic mass is 14.9. The third-order valence-corrected chi connectivity index (χ3v) is 5.21. The molecule has 0 bridgehead atoms. The molecule has 0 spiro atoms. The van der Waals surface area contributed by atoms with Crippen LogP contribution in [0.2, 0.25) is 0 Å². The molecular weight excluding hydrogens is 230 g/mol. The zero-order valence-corrected chi connectivity index (χ0v) is 12.2. The molecule has 2 unspecified atom stereocenters. The summed E-state index contributed by atoms with van der Waals surface area (Å²) >= 11 is 0. The zero-order chi connectivity index (χ0) is 13.1. The van der Waals surface area contributed by atoms with Crippen molar-refractivity contribution in [2.75, 3.05) is 6.54 Å². The summed E-state index contributed by atoms with van der Waals surface area (Å²) < 4.78 is 0. The summed E-state index contributed by atoms with van der Waals surface area (Å²) in [5.74, 6) is 1.74. The van der Waals surface area contributed by atoms with Gasteiger partial charge in [-0.2, -0.15) is 0 Å². The van der Waals surface area contributed by atoms with Crippen LogP contribution in [0.15, 0.2) is 24.3 Å². The fourth-order valence-electron chi connectivity index (χ4n) is 3.98. The van der Waals surface area contributed by atoms with E-state index in [9.17, 15) is 0 Å². The van der Waals surface area contributed by atoms with Crippen LogP contribution < -0.4 is 5.32 Å². The zero-order valence-electron chi connectivity index (χ0n) is 12.2. The summed E-state index contributed by atoms with van der Waals surface area (Å²) in [4.78, 5) is 0. The molecule has 0 amide bonds. The van der Waals surface area contributed by atoms with Crippen LogP contribution in [0.5, 0.6) is 0 Å². The molecule has 1 aromatic carbocycles. The molecule has 19 heavy (non-hydrogen) atoms. The van der Waals surface area contributed by atoms with Crippen LogP contribution in [0.1, 0.15) is 75.0 Å². The van der Waals surface area contributed by atoms with Gasteiger partial charge in [0.1, 0.15) is 0 Å². The average Bonchev–Trinajstić information content (AvgIpc) is 2.95. The van der Waals surface area contributed by atoms with Crippen LogP contribution >= 0.6 is 0 Å². The molecule has 2 atom stereocenters. The van der Waals surface area contributed by atoms with E-state index < -0.39 is 0 Å². The first kappa shape index (κ1) is 13.2. The molecule has 1 N–H and O–H groups in total. The molecule has 0 aromatic heterocycles. The molecule has 0 aliphatic heterocycles. The van der Waals surface area contributed by atoms with Crippen molar-refractivity contribution in [1.82, 2.24) is 5.32 Å². The van der Waals surface area contributed by atoms with E-state index in [0.717, 1.165) is 11.8 Å². The van der Waals surface area contributed by atoms with E-state index in [1.807, 2.05) is 0 Å². The number of hydrogen-bond acceptors (Lipinski definition) is 1. The van der Waals surface area contributed by atoms with Crippen LogP contribution in [0.25, 0.3) is 0 Å². The van der Waals surface area contributed by atoms with Crippen LogP contribution in [-0.2, 0) is 0 Å². The topological polar surface area (TPSA) is 12.0 Å².